The average Bonchev–Trinajstić information content (AvgIpc) is 3.24. The maximum Gasteiger partial charge on any atom is 0.326 e. The number of likely N-dealkylation sites (tertiary alicyclic amines) is 1. The maximum absolute atomic E-state index is 13.5. The summed E-state index contributed by atoms with van der Waals surface area (Å²) in [5.41, 5.74) is 2.15. The number of thioether (sulfide) groups is 1. The molecule has 1 aromatic heterocycles. The van der Waals surface area contributed by atoms with Crippen LogP contribution in [-0.4, -0.2) is 70.9 Å². The number of ether oxygens (including phenoxy) is 1. The third kappa shape index (κ3) is 4.94. The Kier molecular flexibility index (Phi) is 7.17. The van der Waals surface area contributed by atoms with Crippen LogP contribution < -0.4 is 25.6 Å². The van der Waals surface area contributed by atoms with E-state index in [1.807, 2.05) is 26.8 Å². The highest BCUT2D eigenvalue weighted by Crippen LogP contribution is 2.48. The van der Waals surface area contributed by atoms with Crippen LogP contribution in [0.4, 0.5) is 10.5 Å². The van der Waals surface area contributed by atoms with Crippen LogP contribution in [0.2, 0.25) is 0 Å². The number of nitrogens with one attached hydrogen (secondary N) is 3. The second kappa shape index (κ2) is 10.4. The van der Waals surface area contributed by atoms with Crippen molar-refractivity contribution in [3.05, 3.63) is 41.1 Å². The Labute approximate surface area is 221 Å². The first-order valence-corrected chi connectivity index (χ1v) is 13.8. The number of amides is 4. The molecule has 0 aliphatic carbocycles. The lowest BCUT2D eigenvalue weighted by Crippen LogP contribution is -2.62. The molecule has 4 aliphatic heterocycles. The predicted molar refractivity (Wildman–Crippen MR) is 142 cm³/mol. The second-order valence-electron chi connectivity index (χ2n) is 10.1. The van der Waals surface area contributed by atoms with Crippen molar-refractivity contribution in [1.29, 1.82) is 0 Å². The lowest BCUT2D eigenvalue weighted by Gasteiger charge is -2.46. The van der Waals surface area contributed by atoms with E-state index < -0.39 is 0 Å². The van der Waals surface area contributed by atoms with Crippen LogP contribution >= 0.6 is 11.8 Å². The largest absolute Gasteiger partial charge is 0.475 e. The standard InChI is InChI=1S/C26H34N6O4S/c1-5-20(33)31-12-6-7-16(13-31)29-24(34)23-22-21-18(10-11-27-25(21)37-23)32(26(35)30-22)17-8-9-19(28-15(17)4)36-14(2)3/h5,8-9,14,16,18,21,25,27H,1,6-7,10-13H2,2-4H3,(H,29,34)(H,30,35)/t16-,18?,21?,25?/m1/s1. The van der Waals surface area contributed by atoms with Crippen LogP contribution in [0.1, 0.15) is 38.8 Å². The Hall–Kier alpha value is -3.05. The van der Waals surface area contributed by atoms with E-state index >= 15 is 0 Å². The normalized spacial score (nSPS) is 27.1. The number of hydrogen-bond donors (Lipinski definition) is 3. The molecule has 5 rings (SSSR count). The summed E-state index contributed by atoms with van der Waals surface area (Å²) in [6.07, 6.45) is 3.70. The van der Waals surface area contributed by atoms with Gasteiger partial charge in [0.05, 0.1) is 33.8 Å². The van der Waals surface area contributed by atoms with Gasteiger partial charge in [0.15, 0.2) is 0 Å². The van der Waals surface area contributed by atoms with Crippen molar-refractivity contribution in [1.82, 2.24) is 25.8 Å². The van der Waals surface area contributed by atoms with Crippen molar-refractivity contribution in [2.45, 2.75) is 63.6 Å². The van der Waals surface area contributed by atoms with Crippen molar-refractivity contribution in [3.8, 4) is 5.88 Å². The number of carbonyl (C=O) groups excluding carboxylic acids is 3. The smallest absolute Gasteiger partial charge is 0.326 e. The number of rotatable bonds is 6. The Morgan fingerprint density at radius 1 is 1.32 bits per heavy atom. The van der Waals surface area contributed by atoms with Crippen molar-refractivity contribution in [2.75, 3.05) is 24.5 Å². The van der Waals surface area contributed by atoms with Crippen LogP contribution in [0, 0.1) is 12.8 Å². The molecule has 4 amide bonds. The minimum Gasteiger partial charge on any atom is -0.475 e. The molecule has 3 saturated heterocycles. The fraction of sp³-hybridized carbons (Fsp3) is 0.538. The van der Waals surface area contributed by atoms with Gasteiger partial charge in [0.2, 0.25) is 11.8 Å². The molecule has 4 aliphatic rings. The van der Waals surface area contributed by atoms with Crippen LogP contribution in [0.3, 0.4) is 0 Å². The van der Waals surface area contributed by atoms with Gasteiger partial charge in [-0.15, -0.1) is 0 Å². The van der Waals surface area contributed by atoms with E-state index in [-0.39, 0.29) is 47.3 Å². The SMILES string of the molecule is C=CC(=O)N1CCC[C@@H](NC(=O)C2=C3NC(=O)N(c4ccc(OC(C)C)nc4C)C4CCNC(S2)C34)C1. The molecular weight excluding hydrogens is 492 g/mol. The molecule has 10 nitrogen and oxygen atoms in total. The number of piperidine rings is 2. The fourth-order valence-corrected chi connectivity index (χ4v) is 7.07. The molecule has 5 heterocycles. The summed E-state index contributed by atoms with van der Waals surface area (Å²) in [6.45, 7) is 11.2. The fourth-order valence-electron chi connectivity index (χ4n) is 5.67. The molecule has 0 saturated carbocycles. The van der Waals surface area contributed by atoms with Gasteiger partial charge in [-0.25, -0.2) is 9.78 Å². The van der Waals surface area contributed by atoms with E-state index in [9.17, 15) is 14.4 Å². The van der Waals surface area contributed by atoms with Gasteiger partial charge in [0.1, 0.15) is 0 Å². The Morgan fingerprint density at radius 3 is 2.86 bits per heavy atom. The van der Waals surface area contributed by atoms with Gasteiger partial charge in [-0.3, -0.25) is 14.5 Å². The van der Waals surface area contributed by atoms with Gasteiger partial charge in [-0.1, -0.05) is 18.3 Å². The summed E-state index contributed by atoms with van der Waals surface area (Å²) in [4.78, 5) is 47.6. The zero-order valence-electron chi connectivity index (χ0n) is 21.5. The van der Waals surface area contributed by atoms with Gasteiger partial charge in [-0.2, -0.15) is 0 Å². The average molecular weight is 527 g/mol. The molecule has 3 unspecified atom stereocenters. The lowest BCUT2D eigenvalue weighted by molar-refractivity contribution is -0.128. The summed E-state index contributed by atoms with van der Waals surface area (Å²) in [5, 5.41) is 9.66. The Morgan fingerprint density at radius 2 is 2.14 bits per heavy atom. The van der Waals surface area contributed by atoms with Crippen LogP contribution in [0.15, 0.2) is 35.4 Å². The second-order valence-corrected chi connectivity index (χ2v) is 11.3. The summed E-state index contributed by atoms with van der Waals surface area (Å²) in [7, 11) is 0. The molecule has 0 spiro atoms. The summed E-state index contributed by atoms with van der Waals surface area (Å²) < 4.78 is 5.72. The van der Waals surface area contributed by atoms with Crippen molar-refractivity contribution in [2.24, 2.45) is 5.92 Å². The highest BCUT2D eigenvalue weighted by molar-refractivity contribution is 8.04. The number of nitrogens with zero attached hydrogens (tertiary/aromatic N) is 3. The maximum atomic E-state index is 13.5. The highest BCUT2D eigenvalue weighted by atomic mass is 32.2. The molecule has 3 fully saturated rings. The predicted octanol–water partition coefficient (Wildman–Crippen LogP) is 2.26. The number of aromatic nitrogens is 1. The van der Waals surface area contributed by atoms with Gasteiger partial charge >= 0.3 is 6.03 Å². The number of aryl methyl sites for hydroxylation is 1. The van der Waals surface area contributed by atoms with Crippen molar-refractivity contribution >= 4 is 35.3 Å². The number of pyridine rings is 1. The van der Waals surface area contributed by atoms with E-state index in [1.165, 1.54) is 17.8 Å². The lowest BCUT2D eigenvalue weighted by atomic mass is 9.86. The molecule has 0 aromatic carbocycles. The van der Waals surface area contributed by atoms with Crippen LogP contribution in [0.25, 0.3) is 0 Å². The van der Waals surface area contributed by atoms with Gasteiger partial charge in [0, 0.05) is 36.8 Å². The topological polar surface area (TPSA) is 116 Å². The summed E-state index contributed by atoms with van der Waals surface area (Å²) >= 11 is 1.47. The zero-order chi connectivity index (χ0) is 26.3. The van der Waals surface area contributed by atoms with Gasteiger partial charge < -0.3 is 25.6 Å². The molecule has 0 radical (unpaired) electrons. The van der Waals surface area contributed by atoms with Gasteiger partial charge in [0.25, 0.3) is 5.91 Å². The van der Waals surface area contributed by atoms with Crippen LogP contribution in [-0.2, 0) is 9.59 Å². The molecule has 0 bridgehead atoms. The summed E-state index contributed by atoms with van der Waals surface area (Å²) in [6, 6.07) is 3.20. The minimum atomic E-state index is -0.257. The van der Waals surface area contributed by atoms with E-state index in [0.717, 1.165) is 37.2 Å². The molecule has 1 aromatic rings. The van der Waals surface area contributed by atoms with Crippen LogP contribution in [0.5, 0.6) is 5.88 Å². The molecule has 198 valence electrons. The molecule has 4 atom stereocenters. The third-order valence-corrected chi connectivity index (χ3v) is 8.59. The Balaban J connectivity index is 1.37. The first-order valence-electron chi connectivity index (χ1n) is 12.9. The number of hydrogen-bond acceptors (Lipinski definition) is 7. The van der Waals surface area contributed by atoms with Crippen molar-refractivity contribution < 1.29 is 19.1 Å². The number of anilines is 1. The quantitative estimate of drug-likeness (QED) is 0.487. The number of carbonyl (C=O) groups is 3. The highest BCUT2D eigenvalue weighted by Gasteiger charge is 2.52. The van der Waals surface area contributed by atoms with E-state index in [0.29, 0.717) is 29.6 Å². The van der Waals surface area contributed by atoms with Gasteiger partial charge in [-0.05, 0) is 58.7 Å². The molecule has 11 heteroatoms. The molecular formula is C26H34N6O4S. The summed E-state index contributed by atoms with van der Waals surface area (Å²) in [5.74, 6) is 0.161. The first-order chi connectivity index (χ1) is 17.8. The zero-order valence-corrected chi connectivity index (χ0v) is 22.3. The Bertz CT molecular complexity index is 1150. The molecule has 3 N–H and O–H groups in total. The number of urea groups is 1. The molecule has 37 heavy (non-hydrogen) atoms. The first kappa shape index (κ1) is 25.6. The van der Waals surface area contributed by atoms with Crippen molar-refractivity contribution in [3.63, 3.8) is 0 Å². The van der Waals surface area contributed by atoms with E-state index in [1.54, 1.807) is 15.9 Å². The third-order valence-electron chi connectivity index (χ3n) is 7.24. The monoisotopic (exact) mass is 526 g/mol. The minimum absolute atomic E-state index is 0.00754. The van der Waals surface area contributed by atoms with E-state index in [2.05, 4.69) is 27.5 Å². The van der Waals surface area contributed by atoms with E-state index in [4.69, 9.17) is 4.74 Å².